The van der Waals surface area contributed by atoms with Gasteiger partial charge in [0, 0.05) is 28.7 Å². The van der Waals surface area contributed by atoms with E-state index in [-0.39, 0.29) is 3.92 Å². The van der Waals surface area contributed by atoms with Gasteiger partial charge in [0.1, 0.15) is 11.6 Å². The Bertz CT molecular complexity index is 1010. The summed E-state index contributed by atoms with van der Waals surface area (Å²) in [5, 5.41) is 0. The minimum atomic E-state index is -3.24. The van der Waals surface area contributed by atoms with Crippen LogP contribution in [0.5, 0.6) is 0 Å². The minimum absolute atomic E-state index is 0.155. The van der Waals surface area contributed by atoms with Gasteiger partial charge in [-0.1, -0.05) is 52.9 Å². The average Bonchev–Trinajstić information content (AvgIpc) is 2.92. The lowest BCUT2D eigenvalue weighted by atomic mass is 9.81. The summed E-state index contributed by atoms with van der Waals surface area (Å²) in [4.78, 5) is 0. The Kier molecular flexibility index (Phi) is 2.83. The summed E-state index contributed by atoms with van der Waals surface area (Å²) >= 11 is 2.23. The van der Waals surface area contributed by atoms with E-state index in [1.54, 1.807) is 6.07 Å². The van der Waals surface area contributed by atoms with Crippen molar-refractivity contribution in [2.24, 2.45) is 0 Å². The fourth-order valence-corrected chi connectivity index (χ4v) is 4.91. The molecule has 0 spiro atoms. The van der Waals surface area contributed by atoms with Crippen molar-refractivity contribution >= 4 is 22.6 Å². The third kappa shape index (κ3) is 1.71. The van der Waals surface area contributed by atoms with E-state index in [4.69, 9.17) is 4.42 Å². The van der Waals surface area contributed by atoms with Gasteiger partial charge in [-0.3, -0.25) is 0 Å². The van der Waals surface area contributed by atoms with Crippen LogP contribution in [0.2, 0.25) is 0 Å². The van der Waals surface area contributed by atoms with Crippen LogP contribution in [-0.4, -0.2) is 0 Å². The summed E-state index contributed by atoms with van der Waals surface area (Å²) in [6.07, 6.45) is 0.855. The van der Waals surface area contributed by atoms with Crippen molar-refractivity contribution in [2.45, 2.75) is 16.3 Å². The number of hydrogen-bond acceptors (Lipinski definition) is 1. The van der Waals surface area contributed by atoms with Crippen molar-refractivity contribution in [1.82, 2.24) is 0 Å². The van der Waals surface area contributed by atoms with E-state index < -0.39 is 23.7 Å². The first kappa shape index (κ1) is 14.6. The number of benzene rings is 2. The van der Waals surface area contributed by atoms with Crippen molar-refractivity contribution in [2.75, 3.05) is 0 Å². The molecule has 2 aliphatic rings. The van der Waals surface area contributed by atoms with E-state index in [9.17, 15) is 13.2 Å². The SMILES string of the molecule is Fc1ccc2c3c1C(F)(F)Cc1coc(c1-3)-c1ccccc1C2I. The summed E-state index contributed by atoms with van der Waals surface area (Å²) in [6, 6.07) is 10.5. The second kappa shape index (κ2) is 4.65. The summed E-state index contributed by atoms with van der Waals surface area (Å²) < 4.78 is 49.2. The van der Waals surface area contributed by atoms with Crippen molar-refractivity contribution in [3.63, 3.8) is 0 Å². The maximum atomic E-state index is 14.7. The number of hydrogen-bond donors (Lipinski definition) is 0. The molecule has 24 heavy (non-hydrogen) atoms. The number of rotatable bonds is 0. The van der Waals surface area contributed by atoms with Crippen LogP contribution < -0.4 is 0 Å². The van der Waals surface area contributed by atoms with Gasteiger partial charge in [-0.15, -0.1) is 0 Å². The van der Waals surface area contributed by atoms with Crippen LogP contribution in [0.1, 0.15) is 26.2 Å². The molecule has 0 aliphatic heterocycles. The van der Waals surface area contributed by atoms with E-state index in [0.717, 1.165) is 17.2 Å². The highest BCUT2D eigenvalue weighted by Gasteiger charge is 2.46. The lowest BCUT2D eigenvalue weighted by Crippen LogP contribution is -2.24. The maximum Gasteiger partial charge on any atom is 0.280 e. The van der Waals surface area contributed by atoms with E-state index in [2.05, 4.69) is 22.6 Å². The van der Waals surface area contributed by atoms with E-state index in [1.165, 1.54) is 6.26 Å². The zero-order valence-electron chi connectivity index (χ0n) is 12.2. The Labute approximate surface area is 149 Å². The van der Waals surface area contributed by atoms with E-state index in [1.807, 2.05) is 24.3 Å². The first-order valence-corrected chi connectivity index (χ1v) is 8.78. The molecular weight excluding hydrogens is 428 g/mol. The Morgan fingerprint density at radius 1 is 1.04 bits per heavy atom. The second-order valence-corrected chi connectivity index (χ2v) is 7.43. The summed E-state index contributed by atoms with van der Waals surface area (Å²) in [5.74, 6) is -3.54. The second-order valence-electron chi connectivity index (χ2n) is 6.18. The molecule has 0 N–H and O–H groups in total. The van der Waals surface area contributed by atoms with Crippen LogP contribution in [0.4, 0.5) is 13.2 Å². The Morgan fingerprint density at radius 2 is 1.83 bits per heavy atom. The van der Waals surface area contributed by atoms with E-state index in [0.29, 0.717) is 28.0 Å². The van der Waals surface area contributed by atoms with Crippen LogP contribution in [0.3, 0.4) is 0 Å². The molecule has 0 saturated heterocycles. The Morgan fingerprint density at radius 3 is 2.67 bits per heavy atom. The zero-order chi connectivity index (χ0) is 16.6. The van der Waals surface area contributed by atoms with Crippen molar-refractivity contribution in [3.8, 4) is 22.5 Å². The zero-order valence-corrected chi connectivity index (χ0v) is 14.4. The van der Waals surface area contributed by atoms with Gasteiger partial charge in [-0.05, 0) is 17.2 Å². The number of halogens is 4. The van der Waals surface area contributed by atoms with Crippen LogP contribution in [-0.2, 0) is 12.3 Å². The fourth-order valence-electron chi connectivity index (χ4n) is 3.85. The van der Waals surface area contributed by atoms with Crippen molar-refractivity contribution in [3.05, 3.63) is 70.7 Å². The molecule has 5 rings (SSSR count). The maximum absolute atomic E-state index is 14.7. The molecule has 0 bridgehead atoms. The molecule has 1 aromatic heterocycles. The standard InChI is InChI=1S/C19H10F3IO/c20-13-6-5-12-15-14-9(7-19(21,22)16(13)15)8-24-18(14)11-4-2-1-3-10(11)17(12)23/h1-6,8,17H,7H2. The van der Waals surface area contributed by atoms with Crippen LogP contribution >= 0.6 is 22.6 Å². The molecule has 1 heterocycles. The molecule has 120 valence electrons. The summed E-state index contributed by atoms with van der Waals surface area (Å²) in [6.45, 7) is 0. The molecule has 2 aromatic carbocycles. The molecule has 1 unspecified atom stereocenters. The third-order valence-corrected chi connectivity index (χ3v) is 6.18. The van der Waals surface area contributed by atoms with Crippen LogP contribution in [0.15, 0.2) is 47.1 Å². The van der Waals surface area contributed by atoms with Crippen LogP contribution in [0.25, 0.3) is 22.5 Å². The lowest BCUT2D eigenvalue weighted by molar-refractivity contribution is -0.00839. The largest absolute Gasteiger partial charge is 0.463 e. The number of furan rings is 1. The molecule has 0 amide bonds. The molecule has 3 aromatic rings. The lowest BCUT2D eigenvalue weighted by Gasteiger charge is -2.28. The molecule has 1 nitrogen and oxygen atoms in total. The first-order chi connectivity index (χ1) is 11.5. The van der Waals surface area contributed by atoms with Gasteiger partial charge in [0.15, 0.2) is 0 Å². The fraction of sp³-hybridized carbons (Fsp3) is 0.158. The van der Waals surface area contributed by atoms with Crippen molar-refractivity contribution < 1.29 is 17.6 Å². The highest BCUT2D eigenvalue weighted by Crippen LogP contribution is 2.57. The predicted octanol–water partition coefficient (Wildman–Crippen LogP) is 6.24. The van der Waals surface area contributed by atoms with Gasteiger partial charge in [-0.25, -0.2) is 13.2 Å². The van der Waals surface area contributed by atoms with Gasteiger partial charge in [0.25, 0.3) is 5.92 Å². The van der Waals surface area contributed by atoms with Gasteiger partial charge in [-0.2, -0.15) is 0 Å². The first-order valence-electron chi connectivity index (χ1n) is 7.54. The topological polar surface area (TPSA) is 13.1 Å². The molecule has 0 fully saturated rings. The van der Waals surface area contributed by atoms with Gasteiger partial charge < -0.3 is 4.42 Å². The predicted molar refractivity (Wildman–Crippen MR) is 93.0 cm³/mol. The monoisotopic (exact) mass is 438 g/mol. The summed E-state index contributed by atoms with van der Waals surface area (Å²) in [7, 11) is 0. The molecule has 0 saturated carbocycles. The van der Waals surface area contributed by atoms with E-state index >= 15 is 0 Å². The molecule has 0 radical (unpaired) electrons. The minimum Gasteiger partial charge on any atom is -0.463 e. The van der Waals surface area contributed by atoms with Gasteiger partial charge in [0.05, 0.1) is 15.8 Å². The smallest absolute Gasteiger partial charge is 0.280 e. The van der Waals surface area contributed by atoms with Crippen molar-refractivity contribution in [1.29, 1.82) is 0 Å². The molecule has 5 heteroatoms. The molecular formula is C19H10F3IO. The number of fused-ring (bicyclic) bond motifs is 2. The summed E-state index contributed by atoms with van der Waals surface area (Å²) in [5.41, 5.74) is 3.45. The average molecular weight is 438 g/mol. The highest BCUT2D eigenvalue weighted by atomic mass is 127. The molecule has 1 atom stereocenters. The Balaban J connectivity index is 2.00. The van der Waals surface area contributed by atoms with Crippen LogP contribution in [0, 0.1) is 5.82 Å². The van der Waals surface area contributed by atoms with Gasteiger partial charge >= 0.3 is 0 Å². The number of alkyl halides is 3. The van der Waals surface area contributed by atoms with Gasteiger partial charge in [0.2, 0.25) is 0 Å². The quantitative estimate of drug-likeness (QED) is 0.299. The normalized spacial score (nSPS) is 19.4. The molecule has 2 aliphatic carbocycles. The highest BCUT2D eigenvalue weighted by molar-refractivity contribution is 14.1. The Hall–Kier alpha value is -1.76. The third-order valence-electron chi connectivity index (χ3n) is 4.83.